The number of hydrogen-bond donors (Lipinski definition) is 2. The van der Waals surface area contributed by atoms with Gasteiger partial charge in [0.25, 0.3) is 5.76 Å². The zero-order valence-corrected chi connectivity index (χ0v) is 10.5. The molecule has 1 amide bonds. The first-order valence-corrected chi connectivity index (χ1v) is 6.53. The summed E-state index contributed by atoms with van der Waals surface area (Å²) in [6.45, 7) is 0. The van der Waals surface area contributed by atoms with Crippen LogP contribution in [0.15, 0.2) is 29.2 Å². The molecule has 3 nitrogen and oxygen atoms in total. The van der Waals surface area contributed by atoms with Gasteiger partial charge in [-0.1, -0.05) is 11.8 Å². The molecule has 0 radical (unpaired) electrons. The predicted molar refractivity (Wildman–Crippen MR) is 67.7 cm³/mol. The van der Waals surface area contributed by atoms with Gasteiger partial charge in [-0.05, 0) is 43.5 Å². The summed E-state index contributed by atoms with van der Waals surface area (Å²) < 4.78 is 24.2. The fourth-order valence-electron chi connectivity index (χ4n) is 1.76. The number of nitrogens with one attached hydrogen (secondary N) is 1. The van der Waals surface area contributed by atoms with Crippen molar-refractivity contribution in [2.75, 3.05) is 5.32 Å². The van der Waals surface area contributed by atoms with Gasteiger partial charge in [-0.3, -0.25) is 4.79 Å². The molecule has 0 heterocycles. The minimum absolute atomic E-state index is 0.206. The van der Waals surface area contributed by atoms with Crippen LogP contribution in [0.3, 0.4) is 0 Å². The third kappa shape index (κ3) is 3.00. The van der Waals surface area contributed by atoms with E-state index < -0.39 is 11.3 Å². The standard InChI is InChI=1S/C12H14F2N2OS/c13-11(14)18-9-4-2-8(3-5-9)16-10(17)12(15)6-1-7-12/h2-5,11H,1,6-7,15H2,(H,16,17). The van der Waals surface area contributed by atoms with Crippen molar-refractivity contribution in [3.8, 4) is 0 Å². The number of thioether (sulfide) groups is 1. The molecule has 1 aliphatic carbocycles. The SMILES string of the molecule is NC1(C(=O)Nc2ccc(SC(F)F)cc2)CCC1. The van der Waals surface area contributed by atoms with E-state index in [-0.39, 0.29) is 5.91 Å². The van der Waals surface area contributed by atoms with Crippen molar-refractivity contribution in [2.24, 2.45) is 5.73 Å². The van der Waals surface area contributed by atoms with Crippen LogP contribution in [0.1, 0.15) is 19.3 Å². The van der Waals surface area contributed by atoms with Crippen LogP contribution in [0.4, 0.5) is 14.5 Å². The van der Waals surface area contributed by atoms with Crippen LogP contribution < -0.4 is 11.1 Å². The molecule has 18 heavy (non-hydrogen) atoms. The van der Waals surface area contributed by atoms with Crippen LogP contribution in [0.5, 0.6) is 0 Å². The highest BCUT2D eigenvalue weighted by Crippen LogP contribution is 2.31. The topological polar surface area (TPSA) is 55.1 Å². The number of amides is 1. The first-order chi connectivity index (χ1) is 8.49. The van der Waals surface area contributed by atoms with E-state index in [1.165, 1.54) is 0 Å². The van der Waals surface area contributed by atoms with E-state index in [1.54, 1.807) is 24.3 Å². The smallest absolute Gasteiger partial charge is 0.288 e. The summed E-state index contributed by atoms with van der Waals surface area (Å²) >= 11 is 0.477. The van der Waals surface area contributed by atoms with E-state index in [0.717, 1.165) is 6.42 Å². The molecule has 2 rings (SSSR count). The number of carbonyl (C=O) groups is 1. The lowest BCUT2D eigenvalue weighted by Gasteiger charge is -2.36. The van der Waals surface area contributed by atoms with E-state index in [1.807, 2.05) is 0 Å². The van der Waals surface area contributed by atoms with Crippen molar-refractivity contribution >= 4 is 23.4 Å². The number of benzene rings is 1. The molecule has 1 aliphatic rings. The average molecular weight is 272 g/mol. The molecule has 6 heteroatoms. The molecule has 1 aromatic carbocycles. The molecule has 0 aromatic heterocycles. The number of halogens is 2. The molecule has 0 aliphatic heterocycles. The minimum atomic E-state index is -2.44. The van der Waals surface area contributed by atoms with Gasteiger partial charge in [0, 0.05) is 10.6 Å². The maximum atomic E-state index is 12.1. The number of rotatable bonds is 4. The molecule has 1 fully saturated rings. The van der Waals surface area contributed by atoms with Crippen molar-refractivity contribution in [3.05, 3.63) is 24.3 Å². The van der Waals surface area contributed by atoms with Gasteiger partial charge >= 0.3 is 0 Å². The Bertz CT molecular complexity index is 432. The lowest BCUT2D eigenvalue weighted by molar-refractivity contribution is -0.123. The predicted octanol–water partition coefficient (Wildman–Crippen LogP) is 2.82. The Kier molecular flexibility index (Phi) is 3.87. The summed E-state index contributed by atoms with van der Waals surface area (Å²) in [5.41, 5.74) is 5.70. The molecule has 0 atom stereocenters. The Labute approximate surface area is 108 Å². The summed E-state index contributed by atoms with van der Waals surface area (Å²) in [4.78, 5) is 12.3. The number of anilines is 1. The quantitative estimate of drug-likeness (QED) is 0.829. The molecule has 1 aromatic rings. The minimum Gasteiger partial charge on any atom is -0.324 e. The Morgan fingerprint density at radius 2 is 1.94 bits per heavy atom. The van der Waals surface area contributed by atoms with E-state index in [4.69, 9.17) is 5.73 Å². The Balaban J connectivity index is 1.95. The van der Waals surface area contributed by atoms with Gasteiger partial charge in [-0.15, -0.1) is 0 Å². The third-order valence-electron chi connectivity index (χ3n) is 3.04. The van der Waals surface area contributed by atoms with Gasteiger partial charge < -0.3 is 11.1 Å². The molecular formula is C12H14F2N2OS. The second-order valence-electron chi connectivity index (χ2n) is 4.37. The number of alkyl halides is 2. The fraction of sp³-hybridized carbons (Fsp3) is 0.417. The van der Waals surface area contributed by atoms with Crippen LogP contribution >= 0.6 is 11.8 Å². The highest BCUT2D eigenvalue weighted by atomic mass is 32.2. The lowest BCUT2D eigenvalue weighted by Crippen LogP contribution is -2.56. The molecule has 0 spiro atoms. The molecule has 0 saturated heterocycles. The number of hydrogen-bond acceptors (Lipinski definition) is 3. The van der Waals surface area contributed by atoms with Crippen LogP contribution in [-0.2, 0) is 4.79 Å². The monoisotopic (exact) mass is 272 g/mol. The van der Waals surface area contributed by atoms with Gasteiger partial charge in [0.2, 0.25) is 5.91 Å². The second-order valence-corrected chi connectivity index (χ2v) is 5.43. The maximum Gasteiger partial charge on any atom is 0.288 e. The average Bonchev–Trinajstić information content (AvgIpc) is 2.28. The van der Waals surface area contributed by atoms with Crippen molar-refractivity contribution in [1.29, 1.82) is 0 Å². The van der Waals surface area contributed by atoms with Gasteiger partial charge in [-0.2, -0.15) is 8.78 Å². The molecule has 0 unspecified atom stereocenters. The van der Waals surface area contributed by atoms with E-state index in [2.05, 4.69) is 5.32 Å². The summed E-state index contributed by atoms with van der Waals surface area (Å²) in [7, 11) is 0. The second kappa shape index (κ2) is 5.24. The molecule has 98 valence electrons. The highest BCUT2D eigenvalue weighted by Gasteiger charge is 2.40. The summed E-state index contributed by atoms with van der Waals surface area (Å²) in [5.74, 6) is -2.64. The van der Waals surface area contributed by atoms with Crippen molar-refractivity contribution < 1.29 is 13.6 Å². The lowest BCUT2D eigenvalue weighted by atomic mass is 9.77. The first kappa shape index (κ1) is 13.3. The van der Waals surface area contributed by atoms with E-state index in [9.17, 15) is 13.6 Å². The van der Waals surface area contributed by atoms with Crippen molar-refractivity contribution in [1.82, 2.24) is 0 Å². The molecule has 1 saturated carbocycles. The van der Waals surface area contributed by atoms with Gasteiger partial charge in [-0.25, -0.2) is 0 Å². The summed E-state index contributed by atoms with van der Waals surface area (Å²) in [5, 5.41) is 2.70. The van der Waals surface area contributed by atoms with E-state index in [0.29, 0.717) is 35.2 Å². The van der Waals surface area contributed by atoms with Crippen LogP contribution in [0, 0.1) is 0 Å². The molecule has 0 bridgehead atoms. The fourth-order valence-corrected chi connectivity index (χ4v) is 2.26. The maximum absolute atomic E-state index is 12.1. The Hall–Kier alpha value is -1.14. The summed E-state index contributed by atoms with van der Waals surface area (Å²) in [6, 6.07) is 6.31. The van der Waals surface area contributed by atoms with Gasteiger partial charge in [0.15, 0.2) is 0 Å². The summed E-state index contributed by atoms with van der Waals surface area (Å²) in [6.07, 6.45) is 2.35. The molecule has 3 N–H and O–H groups in total. The largest absolute Gasteiger partial charge is 0.324 e. The highest BCUT2D eigenvalue weighted by molar-refractivity contribution is 7.99. The van der Waals surface area contributed by atoms with Crippen LogP contribution in [0.2, 0.25) is 0 Å². The van der Waals surface area contributed by atoms with Gasteiger partial charge in [0.1, 0.15) is 0 Å². The number of nitrogens with two attached hydrogens (primary N) is 1. The normalized spacial score (nSPS) is 17.3. The van der Waals surface area contributed by atoms with Gasteiger partial charge in [0.05, 0.1) is 5.54 Å². The Morgan fingerprint density at radius 3 is 2.39 bits per heavy atom. The zero-order valence-electron chi connectivity index (χ0n) is 9.66. The Morgan fingerprint density at radius 1 is 1.33 bits per heavy atom. The number of carbonyl (C=O) groups excluding carboxylic acids is 1. The van der Waals surface area contributed by atoms with Crippen molar-refractivity contribution in [2.45, 2.75) is 35.5 Å². The van der Waals surface area contributed by atoms with Crippen LogP contribution in [-0.4, -0.2) is 17.2 Å². The first-order valence-electron chi connectivity index (χ1n) is 5.65. The third-order valence-corrected chi connectivity index (χ3v) is 3.76. The van der Waals surface area contributed by atoms with E-state index >= 15 is 0 Å². The van der Waals surface area contributed by atoms with Crippen LogP contribution in [0.25, 0.3) is 0 Å². The zero-order chi connectivity index (χ0) is 13.2. The molecular weight excluding hydrogens is 258 g/mol. The van der Waals surface area contributed by atoms with Crippen molar-refractivity contribution in [3.63, 3.8) is 0 Å².